The van der Waals surface area contributed by atoms with Gasteiger partial charge in [0, 0.05) is 18.0 Å². The summed E-state index contributed by atoms with van der Waals surface area (Å²) in [7, 11) is 1.57. The maximum atomic E-state index is 5.65. The minimum Gasteiger partial charge on any atom is -0.491 e. The second-order valence-corrected chi connectivity index (χ2v) is 3.19. The van der Waals surface area contributed by atoms with Gasteiger partial charge in [0.05, 0.1) is 7.11 Å². The average Bonchev–Trinajstić information content (AvgIpc) is 2.30. The molecule has 0 aliphatic carbocycles. The third-order valence-electron chi connectivity index (χ3n) is 2.03. The van der Waals surface area contributed by atoms with Crippen molar-refractivity contribution >= 4 is 5.69 Å². The van der Waals surface area contributed by atoms with Crippen LogP contribution in [0.25, 0.3) is 0 Å². The van der Waals surface area contributed by atoms with Gasteiger partial charge in [0.2, 0.25) is 0 Å². The first-order valence-electron chi connectivity index (χ1n) is 4.82. The summed E-state index contributed by atoms with van der Waals surface area (Å²) >= 11 is 0. The van der Waals surface area contributed by atoms with Crippen LogP contribution in [0.5, 0.6) is 17.4 Å². The van der Waals surface area contributed by atoms with Crippen LogP contribution < -0.4 is 15.2 Å². The lowest BCUT2D eigenvalue weighted by Gasteiger charge is -2.08. The van der Waals surface area contributed by atoms with Crippen molar-refractivity contribution in [1.82, 2.24) is 4.98 Å². The molecular weight excluding hydrogens is 204 g/mol. The third-order valence-corrected chi connectivity index (χ3v) is 2.03. The molecule has 0 fully saturated rings. The normalized spacial score (nSPS) is 9.81. The lowest BCUT2D eigenvalue weighted by Crippen LogP contribution is -1.93. The zero-order valence-corrected chi connectivity index (χ0v) is 8.88. The monoisotopic (exact) mass is 216 g/mol. The third kappa shape index (κ3) is 2.23. The smallest absolute Gasteiger partial charge is 0.262 e. The van der Waals surface area contributed by atoms with Gasteiger partial charge >= 0.3 is 0 Å². The van der Waals surface area contributed by atoms with E-state index in [0.29, 0.717) is 23.1 Å². The number of benzene rings is 1. The van der Waals surface area contributed by atoms with E-state index in [-0.39, 0.29) is 0 Å². The molecule has 82 valence electrons. The van der Waals surface area contributed by atoms with Crippen molar-refractivity contribution in [2.75, 3.05) is 12.8 Å². The maximum Gasteiger partial charge on any atom is 0.262 e. The van der Waals surface area contributed by atoms with Crippen LogP contribution in [-0.4, -0.2) is 12.1 Å². The molecule has 1 aromatic heterocycles. The fraction of sp³-hybridized carbons (Fsp3) is 0.0833. The van der Waals surface area contributed by atoms with E-state index >= 15 is 0 Å². The Morgan fingerprint density at radius 3 is 2.81 bits per heavy atom. The van der Waals surface area contributed by atoms with Gasteiger partial charge in [-0.15, -0.1) is 0 Å². The molecule has 0 atom stereocenters. The molecule has 0 saturated heterocycles. The number of ether oxygens (including phenoxy) is 2. The lowest BCUT2D eigenvalue weighted by molar-refractivity contribution is 0.370. The van der Waals surface area contributed by atoms with Crippen LogP contribution in [0, 0.1) is 0 Å². The van der Waals surface area contributed by atoms with Crippen LogP contribution in [0.3, 0.4) is 0 Å². The molecular formula is C12H12N2O2. The molecule has 16 heavy (non-hydrogen) atoms. The molecule has 0 amide bonds. The Morgan fingerprint density at radius 1 is 1.19 bits per heavy atom. The summed E-state index contributed by atoms with van der Waals surface area (Å²) in [6.07, 6.45) is 1.64. The Morgan fingerprint density at radius 2 is 2.06 bits per heavy atom. The minimum atomic E-state index is 0.426. The number of rotatable bonds is 3. The molecule has 1 aromatic carbocycles. The molecule has 0 aliphatic rings. The molecule has 0 unspecified atom stereocenters. The molecule has 0 radical (unpaired) electrons. The molecule has 0 spiro atoms. The largest absolute Gasteiger partial charge is 0.491 e. The number of nitrogen functional groups attached to an aromatic ring is 1. The number of hydrogen-bond donors (Lipinski definition) is 1. The maximum absolute atomic E-state index is 5.65. The predicted molar refractivity (Wildman–Crippen MR) is 61.7 cm³/mol. The summed E-state index contributed by atoms with van der Waals surface area (Å²) in [6.45, 7) is 0. The van der Waals surface area contributed by atoms with Gasteiger partial charge < -0.3 is 15.2 Å². The van der Waals surface area contributed by atoms with E-state index < -0.39 is 0 Å². The van der Waals surface area contributed by atoms with Crippen LogP contribution >= 0.6 is 0 Å². The first-order valence-corrected chi connectivity index (χ1v) is 4.82. The molecule has 0 bridgehead atoms. The number of aromatic nitrogens is 1. The molecule has 4 nitrogen and oxygen atoms in total. The number of pyridine rings is 1. The van der Waals surface area contributed by atoms with E-state index in [9.17, 15) is 0 Å². The highest BCUT2D eigenvalue weighted by molar-refractivity contribution is 5.45. The number of methoxy groups -OCH3 is 1. The van der Waals surface area contributed by atoms with Gasteiger partial charge in [-0.1, -0.05) is 6.07 Å². The number of hydrogen-bond acceptors (Lipinski definition) is 4. The molecule has 1 heterocycles. The van der Waals surface area contributed by atoms with Gasteiger partial charge in [-0.05, 0) is 24.3 Å². The van der Waals surface area contributed by atoms with Crippen LogP contribution in [0.4, 0.5) is 5.69 Å². The summed E-state index contributed by atoms with van der Waals surface area (Å²) in [4.78, 5) is 4.09. The Bertz CT molecular complexity index is 486. The lowest BCUT2D eigenvalue weighted by atomic mass is 10.3. The van der Waals surface area contributed by atoms with Gasteiger partial charge in [-0.25, -0.2) is 4.98 Å². The van der Waals surface area contributed by atoms with E-state index in [0.717, 1.165) is 0 Å². The molecule has 2 N–H and O–H groups in total. The van der Waals surface area contributed by atoms with E-state index in [1.807, 2.05) is 12.1 Å². The number of anilines is 1. The van der Waals surface area contributed by atoms with E-state index in [1.54, 1.807) is 37.6 Å². The van der Waals surface area contributed by atoms with Gasteiger partial charge in [-0.3, -0.25) is 0 Å². The zero-order valence-electron chi connectivity index (χ0n) is 8.88. The standard InChI is InChI=1S/C12H12N2O2/c1-15-11-6-3-7-14-12(11)16-10-5-2-4-9(13)8-10/h2-8H,13H2,1H3. The number of nitrogens with zero attached hydrogens (tertiary/aromatic N) is 1. The summed E-state index contributed by atoms with van der Waals surface area (Å²) in [5.74, 6) is 1.65. The molecule has 0 aliphatic heterocycles. The van der Waals surface area contributed by atoms with E-state index in [1.165, 1.54) is 0 Å². The van der Waals surface area contributed by atoms with Crippen molar-refractivity contribution in [3.05, 3.63) is 42.6 Å². The van der Waals surface area contributed by atoms with Crippen LogP contribution in [0.1, 0.15) is 0 Å². The quantitative estimate of drug-likeness (QED) is 0.801. The molecule has 0 saturated carbocycles. The van der Waals surface area contributed by atoms with Crippen LogP contribution in [0.15, 0.2) is 42.6 Å². The van der Waals surface area contributed by atoms with E-state index in [4.69, 9.17) is 15.2 Å². The predicted octanol–water partition coefficient (Wildman–Crippen LogP) is 2.46. The highest BCUT2D eigenvalue weighted by atomic mass is 16.5. The van der Waals surface area contributed by atoms with Crippen molar-refractivity contribution < 1.29 is 9.47 Å². The van der Waals surface area contributed by atoms with Crippen molar-refractivity contribution in [3.8, 4) is 17.4 Å². The van der Waals surface area contributed by atoms with E-state index in [2.05, 4.69) is 4.98 Å². The fourth-order valence-electron chi connectivity index (χ4n) is 1.30. The SMILES string of the molecule is COc1cccnc1Oc1cccc(N)c1. The zero-order chi connectivity index (χ0) is 11.4. The highest BCUT2D eigenvalue weighted by Gasteiger charge is 2.05. The van der Waals surface area contributed by atoms with Crippen molar-refractivity contribution in [2.45, 2.75) is 0 Å². The Hall–Kier alpha value is -2.23. The Labute approximate surface area is 93.6 Å². The van der Waals surface area contributed by atoms with Gasteiger partial charge in [-0.2, -0.15) is 0 Å². The van der Waals surface area contributed by atoms with Gasteiger partial charge in [0.15, 0.2) is 5.75 Å². The first kappa shape index (κ1) is 10.3. The second-order valence-electron chi connectivity index (χ2n) is 3.19. The van der Waals surface area contributed by atoms with Crippen LogP contribution in [-0.2, 0) is 0 Å². The highest BCUT2D eigenvalue weighted by Crippen LogP contribution is 2.28. The second kappa shape index (κ2) is 4.53. The van der Waals surface area contributed by atoms with Gasteiger partial charge in [0.25, 0.3) is 5.88 Å². The Balaban J connectivity index is 2.26. The van der Waals surface area contributed by atoms with Gasteiger partial charge in [0.1, 0.15) is 5.75 Å². The fourth-order valence-corrected chi connectivity index (χ4v) is 1.30. The topological polar surface area (TPSA) is 57.4 Å². The summed E-state index contributed by atoms with van der Waals surface area (Å²) < 4.78 is 10.7. The Kier molecular flexibility index (Phi) is 2.91. The minimum absolute atomic E-state index is 0.426. The average molecular weight is 216 g/mol. The number of nitrogens with two attached hydrogens (primary N) is 1. The molecule has 2 rings (SSSR count). The molecule has 4 heteroatoms. The molecule has 2 aromatic rings. The van der Waals surface area contributed by atoms with Crippen molar-refractivity contribution in [2.24, 2.45) is 0 Å². The summed E-state index contributed by atoms with van der Waals surface area (Å²) in [6, 6.07) is 10.7. The van der Waals surface area contributed by atoms with Crippen molar-refractivity contribution in [1.29, 1.82) is 0 Å². The summed E-state index contributed by atoms with van der Waals surface area (Å²) in [5, 5.41) is 0. The summed E-state index contributed by atoms with van der Waals surface area (Å²) in [5.41, 5.74) is 6.30. The van der Waals surface area contributed by atoms with Crippen molar-refractivity contribution in [3.63, 3.8) is 0 Å². The van der Waals surface area contributed by atoms with Crippen LogP contribution in [0.2, 0.25) is 0 Å². The first-order chi connectivity index (χ1) is 7.79.